The third kappa shape index (κ3) is 2.94. The van der Waals surface area contributed by atoms with E-state index >= 15 is 0 Å². The minimum Gasteiger partial charge on any atom is -0.381 e. The molecule has 0 amide bonds. The zero-order chi connectivity index (χ0) is 14.7. The lowest BCUT2D eigenvalue weighted by molar-refractivity contribution is 0.618. The van der Waals surface area contributed by atoms with Crippen molar-refractivity contribution in [2.24, 2.45) is 0 Å². The van der Waals surface area contributed by atoms with Gasteiger partial charge >= 0.3 is 0 Å². The number of hydrogen-bond donors (Lipinski definition) is 1. The summed E-state index contributed by atoms with van der Waals surface area (Å²) in [6, 6.07) is 9.26. The van der Waals surface area contributed by atoms with Crippen LogP contribution in [0, 0.1) is 36.8 Å². The molecule has 0 aliphatic rings. The van der Waals surface area contributed by atoms with Crippen molar-refractivity contribution < 1.29 is 8.78 Å². The van der Waals surface area contributed by atoms with E-state index in [0.29, 0.717) is 17.8 Å². The number of rotatable bonds is 3. The Hall–Kier alpha value is -2.41. The smallest absolute Gasteiger partial charge is 0.129 e. The van der Waals surface area contributed by atoms with Crippen LogP contribution in [0.1, 0.15) is 22.3 Å². The first-order valence-corrected chi connectivity index (χ1v) is 6.20. The van der Waals surface area contributed by atoms with Crippen LogP contribution in [0.15, 0.2) is 30.3 Å². The largest absolute Gasteiger partial charge is 0.381 e. The Kier molecular flexibility index (Phi) is 3.99. The van der Waals surface area contributed by atoms with Crippen molar-refractivity contribution in [3.63, 3.8) is 0 Å². The lowest BCUT2D eigenvalue weighted by Gasteiger charge is -2.12. The fourth-order valence-corrected chi connectivity index (χ4v) is 1.95. The number of benzene rings is 2. The SMILES string of the molecule is Cc1ccc(F)cc1CNc1cc(C#N)cc(F)c1C. The Balaban J connectivity index is 2.25. The van der Waals surface area contributed by atoms with Crippen LogP contribution >= 0.6 is 0 Å². The fraction of sp³-hybridized carbons (Fsp3) is 0.188. The lowest BCUT2D eigenvalue weighted by atomic mass is 10.1. The molecule has 0 aliphatic heterocycles. The molecule has 1 N–H and O–H groups in total. The summed E-state index contributed by atoms with van der Waals surface area (Å²) in [5, 5.41) is 11.9. The summed E-state index contributed by atoms with van der Waals surface area (Å²) in [6.07, 6.45) is 0. The fourth-order valence-electron chi connectivity index (χ4n) is 1.95. The molecule has 0 atom stereocenters. The van der Waals surface area contributed by atoms with E-state index in [0.717, 1.165) is 11.1 Å². The minimum atomic E-state index is -0.428. The maximum atomic E-state index is 13.6. The van der Waals surface area contributed by atoms with E-state index in [-0.39, 0.29) is 11.4 Å². The highest BCUT2D eigenvalue weighted by molar-refractivity contribution is 5.56. The van der Waals surface area contributed by atoms with Gasteiger partial charge in [0.15, 0.2) is 0 Å². The number of aryl methyl sites for hydroxylation is 1. The number of halogens is 2. The average Bonchev–Trinajstić information content (AvgIpc) is 2.43. The highest BCUT2D eigenvalue weighted by atomic mass is 19.1. The van der Waals surface area contributed by atoms with Gasteiger partial charge in [-0.1, -0.05) is 6.07 Å². The lowest BCUT2D eigenvalue weighted by Crippen LogP contribution is -2.04. The standard InChI is InChI=1S/C16H14F2N2/c1-10-3-4-14(17)7-13(10)9-20-16-6-12(8-19)5-15(18)11(16)2/h3-7,20H,9H2,1-2H3. The molecule has 0 unspecified atom stereocenters. The molecule has 0 aliphatic carbocycles. The van der Waals surface area contributed by atoms with Gasteiger partial charge in [-0.3, -0.25) is 0 Å². The Morgan fingerprint density at radius 3 is 2.60 bits per heavy atom. The summed E-state index contributed by atoms with van der Waals surface area (Å²) in [7, 11) is 0. The van der Waals surface area contributed by atoms with Crippen LogP contribution in [0.4, 0.5) is 14.5 Å². The Bertz CT molecular complexity index is 688. The van der Waals surface area contributed by atoms with Crippen molar-refractivity contribution in [2.75, 3.05) is 5.32 Å². The zero-order valence-corrected chi connectivity index (χ0v) is 11.3. The van der Waals surface area contributed by atoms with Crippen LogP contribution in [-0.4, -0.2) is 0 Å². The predicted molar refractivity (Wildman–Crippen MR) is 74.3 cm³/mol. The van der Waals surface area contributed by atoms with Gasteiger partial charge in [0.1, 0.15) is 11.6 Å². The van der Waals surface area contributed by atoms with E-state index in [4.69, 9.17) is 5.26 Å². The van der Waals surface area contributed by atoms with Gasteiger partial charge in [-0.2, -0.15) is 5.26 Å². The second-order valence-electron chi connectivity index (χ2n) is 4.67. The molecule has 4 heteroatoms. The summed E-state index contributed by atoms with van der Waals surface area (Å²) in [5.41, 5.74) is 3.00. The van der Waals surface area contributed by atoms with Gasteiger partial charge in [-0.05, 0) is 49.2 Å². The van der Waals surface area contributed by atoms with Gasteiger partial charge in [0.25, 0.3) is 0 Å². The van der Waals surface area contributed by atoms with E-state index in [2.05, 4.69) is 5.32 Å². The van der Waals surface area contributed by atoms with Crippen molar-refractivity contribution in [2.45, 2.75) is 20.4 Å². The monoisotopic (exact) mass is 272 g/mol. The van der Waals surface area contributed by atoms with Gasteiger partial charge < -0.3 is 5.32 Å². The predicted octanol–water partition coefficient (Wildman–Crippen LogP) is 4.07. The first-order chi connectivity index (χ1) is 9.51. The number of nitrogens with zero attached hydrogens (tertiary/aromatic N) is 1. The van der Waals surface area contributed by atoms with Crippen LogP contribution in [0.5, 0.6) is 0 Å². The molecule has 0 saturated heterocycles. The van der Waals surface area contributed by atoms with Crippen LogP contribution in [0.3, 0.4) is 0 Å². The Labute approximate surface area is 116 Å². The number of anilines is 1. The van der Waals surface area contributed by atoms with Crippen LogP contribution < -0.4 is 5.32 Å². The molecule has 2 nitrogen and oxygen atoms in total. The topological polar surface area (TPSA) is 35.8 Å². The number of nitriles is 1. The Morgan fingerprint density at radius 1 is 1.15 bits per heavy atom. The van der Waals surface area contributed by atoms with E-state index in [9.17, 15) is 8.78 Å². The molecular formula is C16H14F2N2. The van der Waals surface area contributed by atoms with Crippen molar-refractivity contribution in [3.8, 4) is 6.07 Å². The normalized spacial score (nSPS) is 10.2. The first kappa shape index (κ1) is 14.0. The van der Waals surface area contributed by atoms with Gasteiger partial charge in [-0.25, -0.2) is 8.78 Å². The maximum absolute atomic E-state index is 13.6. The molecule has 0 spiro atoms. The third-order valence-corrected chi connectivity index (χ3v) is 3.25. The van der Waals surface area contributed by atoms with Gasteiger partial charge in [0.2, 0.25) is 0 Å². The molecule has 0 bridgehead atoms. The summed E-state index contributed by atoms with van der Waals surface area (Å²) in [4.78, 5) is 0. The Morgan fingerprint density at radius 2 is 1.90 bits per heavy atom. The summed E-state index contributed by atoms with van der Waals surface area (Å²) < 4.78 is 26.8. The maximum Gasteiger partial charge on any atom is 0.129 e. The van der Waals surface area contributed by atoms with Crippen LogP contribution in [0.25, 0.3) is 0 Å². The molecular weight excluding hydrogens is 258 g/mol. The van der Waals surface area contributed by atoms with Gasteiger partial charge in [-0.15, -0.1) is 0 Å². The molecule has 0 aromatic heterocycles. The van der Waals surface area contributed by atoms with Crippen LogP contribution in [0.2, 0.25) is 0 Å². The molecule has 102 valence electrons. The van der Waals surface area contributed by atoms with Crippen molar-refractivity contribution in [1.82, 2.24) is 0 Å². The molecule has 0 fully saturated rings. The van der Waals surface area contributed by atoms with E-state index in [1.807, 2.05) is 13.0 Å². The van der Waals surface area contributed by atoms with Crippen molar-refractivity contribution >= 4 is 5.69 Å². The van der Waals surface area contributed by atoms with Gasteiger partial charge in [0, 0.05) is 17.8 Å². The second-order valence-corrected chi connectivity index (χ2v) is 4.67. The minimum absolute atomic E-state index is 0.256. The number of hydrogen-bond acceptors (Lipinski definition) is 2. The molecule has 0 saturated carbocycles. The first-order valence-electron chi connectivity index (χ1n) is 6.20. The van der Waals surface area contributed by atoms with E-state index < -0.39 is 5.82 Å². The summed E-state index contributed by atoms with van der Waals surface area (Å²) in [6.45, 7) is 3.89. The summed E-state index contributed by atoms with van der Waals surface area (Å²) in [5.74, 6) is -0.733. The highest BCUT2D eigenvalue weighted by Gasteiger charge is 2.08. The average molecular weight is 272 g/mol. The molecule has 2 aromatic rings. The number of nitrogens with one attached hydrogen (secondary N) is 1. The third-order valence-electron chi connectivity index (χ3n) is 3.25. The molecule has 20 heavy (non-hydrogen) atoms. The zero-order valence-electron chi connectivity index (χ0n) is 11.3. The quantitative estimate of drug-likeness (QED) is 0.914. The highest BCUT2D eigenvalue weighted by Crippen LogP contribution is 2.22. The van der Waals surface area contributed by atoms with Crippen molar-refractivity contribution in [3.05, 3.63) is 64.2 Å². The molecule has 2 aromatic carbocycles. The van der Waals surface area contributed by atoms with Crippen LogP contribution in [-0.2, 0) is 6.54 Å². The molecule has 0 radical (unpaired) electrons. The van der Waals surface area contributed by atoms with E-state index in [1.165, 1.54) is 18.2 Å². The summed E-state index contributed by atoms with van der Waals surface area (Å²) >= 11 is 0. The van der Waals surface area contributed by atoms with Crippen molar-refractivity contribution in [1.29, 1.82) is 5.26 Å². The second kappa shape index (κ2) is 5.70. The van der Waals surface area contributed by atoms with E-state index in [1.54, 1.807) is 19.1 Å². The molecule has 0 heterocycles. The molecule has 2 rings (SSSR count). The van der Waals surface area contributed by atoms with Gasteiger partial charge in [0.05, 0.1) is 11.6 Å².